The lowest BCUT2D eigenvalue weighted by atomic mass is 10.2. The lowest BCUT2D eigenvalue weighted by Crippen LogP contribution is -2.26. The van der Waals surface area contributed by atoms with Crippen molar-refractivity contribution in [1.29, 1.82) is 0 Å². The Bertz CT molecular complexity index is 1180. The van der Waals surface area contributed by atoms with Gasteiger partial charge in [-0.1, -0.05) is 17.8 Å². The van der Waals surface area contributed by atoms with E-state index in [2.05, 4.69) is 9.98 Å². The number of thiophene rings is 1. The van der Waals surface area contributed by atoms with Gasteiger partial charge in [-0.15, -0.1) is 11.3 Å². The first-order chi connectivity index (χ1) is 14.4. The number of anilines is 1. The van der Waals surface area contributed by atoms with Gasteiger partial charge >= 0.3 is 0 Å². The van der Waals surface area contributed by atoms with Crippen molar-refractivity contribution < 1.29 is 22.7 Å². The quantitative estimate of drug-likeness (QED) is 0.526. The molecule has 1 aliphatic heterocycles. The van der Waals surface area contributed by atoms with E-state index in [-0.39, 0.29) is 21.8 Å². The van der Waals surface area contributed by atoms with Crippen molar-refractivity contribution in [2.24, 2.45) is 4.99 Å². The van der Waals surface area contributed by atoms with Gasteiger partial charge in [0.1, 0.15) is 15.0 Å². The molecule has 0 bridgehead atoms. The highest BCUT2D eigenvalue weighted by Crippen LogP contribution is 2.37. The van der Waals surface area contributed by atoms with Gasteiger partial charge in [0.05, 0.1) is 23.4 Å². The molecule has 0 saturated heterocycles. The maximum Gasteiger partial charge on any atom is 0.273 e. The lowest BCUT2D eigenvalue weighted by molar-refractivity contribution is 0.192. The number of nitrogens with one attached hydrogen (secondary N) is 1. The van der Waals surface area contributed by atoms with E-state index >= 15 is 0 Å². The zero-order chi connectivity index (χ0) is 21.3. The van der Waals surface area contributed by atoms with Crippen LogP contribution in [0, 0.1) is 0 Å². The predicted octanol–water partition coefficient (Wildman–Crippen LogP) is 3.60. The number of rotatable bonds is 8. The fraction of sp³-hybridized carbons (Fsp3) is 0.316. The average Bonchev–Trinajstić information content (AvgIpc) is 3.47. The number of fused-ring (bicyclic) bond motifs is 1. The number of aliphatic hydroxyl groups excluding tert-OH is 1. The number of hydrogen-bond acceptors (Lipinski definition) is 7. The van der Waals surface area contributed by atoms with E-state index in [1.54, 1.807) is 35.3 Å². The SMILES string of the molecule is CN(c1cc(OCF)cc2cc(C3=NCC(CCO)S3)[nH]c12)S(=O)(=O)c1cccs1. The summed E-state index contributed by atoms with van der Waals surface area (Å²) in [6, 6.07) is 8.24. The Morgan fingerprint density at radius 3 is 2.93 bits per heavy atom. The van der Waals surface area contributed by atoms with Crippen LogP contribution in [0.5, 0.6) is 5.75 Å². The van der Waals surface area contributed by atoms with Gasteiger partial charge in [-0.2, -0.15) is 0 Å². The summed E-state index contributed by atoms with van der Waals surface area (Å²) in [5.41, 5.74) is 1.69. The molecule has 1 aromatic carbocycles. The van der Waals surface area contributed by atoms with Crippen LogP contribution in [0.1, 0.15) is 12.1 Å². The summed E-state index contributed by atoms with van der Waals surface area (Å²) < 4.78 is 45.3. The van der Waals surface area contributed by atoms with Crippen molar-refractivity contribution in [3.8, 4) is 5.75 Å². The van der Waals surface area contributed by atoms with E-state index in [0.29, 0.717) is 29.6 Å². The van der Waals surface area contributed by atoms with Gasteiger partial charge in [0.25, 0.3) is 10.0 Å². The Balaban J connectivity index is 1.77. The molecule has 0 radical (unpaired) electrons. The second-order valence-corrected chi connectivity index (χ2v) is 11.1. The summed E-state index contributed by atoms with van der Waals surface area (Å²) in [4.78, 5) is 7.81. The van der Waals surface area contributed by atoms with Crippen LogP contribution >= 0.6 is 23.1 Å². The van der Waals surface area contributed by atoms with Crippen LogP contribution in [0.4, 0.5) is 10.1 Å². The Morgan fingerprint density at radius 1 is 1.40 bits per heavy atom. The molecule has 2 N–H and O–H groups in total. The molecule has 0 amide bonds. The minimum Gasteiger partial charge on any atom is -0.463 e. The fourth-order valence-corrected chi connectivity index (χ4v) is 6.68. The summed E-state index contributed by atoms with van der Waals surface area (Å²) in [6.07, 6.45) is 0.652. The number of hydrogen-bond donors (Lipinski definition) is 2. The van der Waals surface area contributed by atoms with E-state index < -0.39 is 16.9 Å². The van der Waals surface area contributed by atoms with Gasteiger partial charge in [0.15, 0.2) is 0 Å². The number of thioether (sulfide) groups is 1. The number of H-pyrrole nitrogens is 1. The van der Waals surface area contributed by atoms with Crippen LogP contribution in [0.25, 0.3) is 10.9 Å². The number of halogens is 1. The van der Waals surface area contributed by atoms with E-state index in [1.807, 2.05) is 6.07 Å². The number of aromatic amines is 1. The zero-order valence-electron chi connectivity index (χ0n) is 16.0. The molecule has 11 heteroatoms. The first kappa shape index (κ1) is 21.2. The number of sulfonamides is 1. The predicted molar refractivity (Wildman–Crippen MR) is 119 cm³/mol. The molecular formula is C19H20FN3O4S3. The van der Waals surface area contributed by atoms with Crippen molar-refractivity contribution in [3.05, 3.63) is 41.4 Å². The molecule has 2 aromatic heterocycles. The normalized spacial score (nSPS) is 16.8. The molecule has 7 nitrogen and oxygen atoms in total. The highest BCUT2D eigenvalue weighted by atomic mass is 32.2. The van der Waals surface area contributed by atoms with Crippen LogP contribution in [0.3, 0.4) is 0 Å². The lowest BCUT2D eigenvalue weighted by Gasteiger charge is -2.20. The van der Waals surface area contributed by atoms with Gasteiger partial charge in [-0.05, 0) is 30.0 Å². The second kappa shape index (κ2) is 8.58. The Morgan fingerprint density at radius 2 is 2.23 bits per heavy atom. The average molecular weight is 470 g/mol. The van der Waals surface area contributed by atoms with Crippen LogP contribution in [-0.2, 0) is 10.0 Å². The maximum atomic E-state index is 13.0. The first-order valence-corrected chi connectivity index (χ1v) is 12.3. The van der Waals surface area contributed by atoms with Crippen molar-refractivity contribution in [2.75, 3.05) is 31.4 Å². The van der Waals surface area contributed by atoms with Gasteiger partial charge in [-0.3, -0.25) is 9.30 Å². The van der Waals surface area contributed by atoms with Crippen molar-refractivity contribution >= 4 is 54.8 Å². The van der Waals surface area contributed by atoms with Crippen molar-refractivity contribution in [2.45, 2.75) is 15.9 Å². The number of nitrogens with zero attached hydrogens (tertiary/aromatic N) is 2. The highest BCUT2D eigenvalue weighted by Gasteiger charge is 2.27. The van der Waals surface area contributed by atoms with Gasteiger partial charge in [-0.25, -0.2) is 12.8 Å². The summed E-state index contributed by atoms with van der Waals surface area (Å²) in [7, 11) is -2.32. The van der Waals surface area contributed by atoms with Crippen molar-refractivity contribution in [1.82, 2.24) is 4.98 Å². The van der Waals surface area contributed by atoms with E-state index in [9.17, 15) is 12.8 Å². The highest BCUT2D eigenvalue weighted by molar-refractivity contribution is 8.15. The Hall–Kier alpha value is -2.08. The van der Waals surface area contributed by atoms with Gasteiger partial charge in [0, 0.05) is 30.4 Å². The van der Waals surface area contributed by atoms with E-state index in [4.69, 9.17) is 9.84 Å². The molecule has 1 unspecified atom stereocenters. The molecule has 1 atom stereocenters. The molecule has 160 valence electrons. The molecule has 3 aromatic rings. The number of aromatic nitrogens is 1. The molecule has 4 rings (SSSR count). The summed E-state index contributed by atoms with van der Waals surface area (Å²) in [5, 5.41) is 12.5. The first-order valence-electron chi connectivity index (χ1n) is 9.14. The third-order valence-electron chi connectivity index (χ3n) is 4.75. The fourth-order valence-electron chi connectivity index (χ4n) is 3.24. The monoisotopic (exact) mass is 469 g/mol. The smallest absolute Gasteiger partial charge is 0.273 e. The molecule has 0 aliphatic carbocycles. The number of aliphatic hydroxyl groups is 1. The van der Waals surface area contributed by atoms with Crippen molar-refractivity contribution in [3.63, 3.8) is 0 Å². The molecule has 1 aliphatic rings. The third kappa shape index (κ3) is 3.94. The molecule has 0 spiro atoms. The summed E-state index contributed by atoms with van der Waals surface area (Å²) in [5.74, 6) is 0.234. The van der Waals surface area contributed by atoms with Crippen LogP contribution in [0.15, 0.2) is 44.9 Å². The zero-order valence-corrected chi connectivity index (χ0v) is 18.5. The molecule has 0 fully saturated rings. The van der Waals surface area contributed by atoms with Gasteiger partial charge in [0.2, 0.25) is 6.86 Å². The Kier molecular flexibility index (Phi) is 6.05. The standard InChI is InChI=1S/C19H20FN3O4S3/c1-23(30(25,26)17-3-2-6-28-17)16-9-13(27-11-20)7-12-8-15(22-18(12)16)19-21-10-14(29-19)4-5-24/h2-3,6-9,14,22,24H,4-5,10-11H2,1H3. The van der Waals surface area contributed by atoms with E-state index in [0.717, 1.165) is 22.1 Å². The van der Waals surface area contributed by atoms with Crippen LogP contribution < -0.4 is 9.04 Å². The number of ether oxygens (including phenoxy) is 1. The van der Waals surface area contributed by atoms with Gasteiger partial charge < -0.3 is 14.8 Å². The number of alkyl halides is 1. The number of benzene rings is 1. The number of aliphatic imine (C=N–C) groups is 1. The minimum absolute atomic E-state index is 0.104. The minimum atomic E-state index is -3.78. The maximum absolute atomic E-state index is 13.0. The molecule has 3 heterocycles. The third-order valence-corrected chi connectivity index (χ3v) is 9.18. The summed E-state index contributed by atoms with van der Waals surface area (Å²) >= 11 is 2.70. The van der Waals surface area contributed by atoms with E-state index in [1.165, 1.54) is 17.4 Å². The van der Waals surface area contributed by atoms with Crippen LogP contribution in [-0.4, -0.2) is 55.9 Å². The topological polar surface area (TPSA) is 95.0 Å². The molecule has 30 heavy (non-hydrogen) atoms. The Labute approximate surface area is 181 Å². The second-order valence-electron chi connectivity index (χ2n) is 6.65. The van der Waals surface area contributed by atoms with Crippen LogP contribution in [0.2, 0.25) is 0 Å². The largest absolute Gasteiger partial charge is 0.463 e. The molecular weight excluding hydrogens is 449 g/mol. The molecule has 0 saturated carbocycles. The summed E-state index contributed by atoms with van der Waals surface area (Å²) in [6.45, 7) is -0.298.